The summed E-state index contributed by atoms with van der Waals surface area (Å²) in [7, 11) is 1.36. The Hall–Kier alpha value is -3.41. The SMILES string of the molecule is CCN(CC)C(=O)c1cn(CCC#N)nc1-c1ccc(OC)c([N+](=O)[O-])c1. The van der Waals surface area contributed by atoms with Gasteiger partial charge < -0.3 is 9.64 Å². The number of rotatable bonds is 8. The topological polar surface area (TPSA) is 114 Å². The van der Waals surface area contributed by atoms with E-state index in [0.717, 1.165) is 0 Å². The second-order valence-electron chi connectivity index (χ2n) is 5.68. The van der Waals surface area contributed by atoms with Gasteiger partial charge in [0.1, 0.15) is 5.69 Å². The highest BCUT2D eigenvalue weighted by Crippen LogP contribution is 2.33. The molecular formula is C18H21N5O4. The molecule has 0 bridgehead atoms. The van der Waals surface area contributed by atoms with Crippen LogP contribution in [-0.2, 0) is 6.54 Å². The van der Waals surface area contributed by atoms with Crippen LogP contribution >= 0.6 is 0 Å². The lowest BCUT2D eigenvalue weighted by Gasteiger charge is -2.18. The molecule has 9 nitrogen and oxygen atoms in total. The van der Waals surface area contributed by atoms with Crippen LogP contribution in [0.1, 0.15) is 30.6 Å². The molecule has 0 saturated carbocycles. The lowest BCUT2D eigenvalue weighted by atomic mass is 10.1. The van der Waals surface area contributed by atoms with Crippen molar-refractivity contribution in [2.24, 2.45) is 0 Å². The quantitative estimate of drug-likeness (QED) is 0.520. The van der Waals surface area contributed by atoms with E-state index >= 15 is 0 Å². The van der Waals surface area contributed by atoms with Crippen molar-refractivity contribution in [1.29, 1.82) is 5.26 Å². The first-order chi connectivity index (χ1) is 13.0. The second kappa shape index (κ2) is 8.80. The van der Waals surface area contributed by atoms with E-state index in [1.165, 1.54) is 23.9 Å². The van der Waals surface area contributed by atoms with Crippen molar-refractivity contribution < 1.29 is 14.5 Å². The lowest BCUT2D eigenvalue weighted by molar-refractivity contribution is -0.385. The van der Waals surface area contributed by atoms with Crippen molar-refractivity contribution in [3.63, 3.8) is 0 Å². The van der Waals surface area contributed by atoms with E-state index in [1.807, 2.05) is 19.9 Å². The van der Waals surface area contributed by atoms with Gasteiger partial charge in [0.25, 0.3) is 5.91 Å². The van der Waals surface area contributed by atoms with Gasteiger partial charge in [-0.05, 0) is 26.0 Å². The molecule has 1 heterocycles. The molecular weight excluding hydrogens is 350 g/mol. The van der Waals surface area contributed by atoms with Crippen LogP contribution in [0, 0.1) is 21.4 Å². The molecule has 142 valence electrons. The zero-order valence-corrected chi connectivity index (χ0v) is 15.5. The van der Waals surface area contributed by atoms with Crippen LogP contribution in [0.2, 0.25) is 0 Å². The Morgan fingerprint density at radius 2 is 2.11 bits per heavy atom. The summed E-state index contributed by atoms with van der Waals surface area (Å²) in [6.45, 7) is 5.13. The van der Waals surface area contributed by atoms with E-state index < -0.39 is 4.92 Å². The highest BCUT2D eigenvalue weighted by atomic mass is 16.6. The van der Waals surface area contributed by atoms with E-state index in [0.29, 0.717) is 36.5 Å². The number of nitro groups is 1. The van der Waals surface area contributed by atoms with Gasteiger partial charge in [0.15, 0.2) is 5.75 Å². The van der Waals surface area contributed by atoms with Crippen molar-refractivity contribution >= 4 is 11.6 Å². The monoisotopic (exact) mass is 371 g/mol. The number of aryl methyl sites for hydroxylation is 1. The summed E-state index contributed by atoms with van der Waals surface area (Å²) in [6.07, 6.45) is 1.83. The van der Waals surface area contributed by atoms with Crippen LogP contribution in [0.5, 0.6) is 5.75 Å². The average Bonchev–Trinajstić information content (AvgIpc) is 3.10. The van der Waals surface area contributed by atoms with E-state index in [9.17, 15) is 14.9 Å². The minimum atomic E-state index is -0.541. The van der Waals surface area contributed by atoms with Gasteiger partial charge in [-0.1, -0.05) is 0 Å². The molecule has 0 saturated heterocycles. The Labute approximate surface area is 156 Å². The number of aromatic nitrogens is 2. The Bertz CT molecular complexity index is 880. The van der Waals surface area contributed by atoms with Gasteiger partial charge >= 0.3 is 5.69 Å². The fourth-order valence-corrected chi connectivity index (χ4v) is 2.73. The molecule has 9 heteroatoms. The number of benzene rings is 1. The summed E-state index contributed by atoms with van der Waals surface area (Å²) in [4.78, 5) is 25.3. The number of amides is 1. The van der Waals surface area contributed by atoms with Crippen LogP contribution in [0.4, 0.5) is 5.69 Å². The predicted molar refractivity (Wildman–Crippen MR) is 98.4 cm³/mol. The molecule has 0 fully saturated rings. The third-order valence-corrected chi connectivity index (χ3v) is 4.14. The lowest BCUT2D eigenvalue weighted by Crippen LogP contribution is -2.30. The third-order valence-electron chi connectivity index (χ3n) is 4.14. The van der Waals surface area contributed by atoms with Gasteiger partial charge in [0, 0.05) is 30.9 Å². The van der Waals surface area contributed by atoms with Crippen molar-refractivity contribution in [2.75, 3.05) is 20.2 Å². The molecule has 0 aliphatic rings. The summed E-state index contributed by atoms with van der Waals surface area (Å²) in [5.74, 6) is -0.0824. The van der Waals surface area contributed by atoms with Crippen LogP contribution in [-0.4, -0.2) is 45.7 Å². The largest absolute Gasteiger partial charge is 0.490 e. The second-order valence-corrected chi connectivity index (χ2v) is 5.68. The molecule has 0 spiro atoms. The zero-order chi connectivity index (χ0) is 20.0. The number of ether oxygens (including phenoxy) is 1. The fraction of sp³-hybridized carbons (Fsp3) is 0.389. The number of nitro benzene ring substituents is 1. The molecule has 1 aromatic carbocycles. The first kappa shape index (κ1) is 19.9. The van der Waals surface area contributed by atoms with Gasteiger partial charge in [-0.25, -0.2) is 0 Å². The highest BCUT2D eigenvalue weighted by molar-refractivity contribution is 6.00. The minimum absolute atomic E-state index is 0.129. The maximum Gasteiger partial charge on any atom is 0.311 e. The molecule has 2 aromatic rings. The maximum atomic E-state index is 12.9. The van der Waals surface area contributed by atoms with Crippen molar-refractivity contribution in [2.45, 2.75) is 26.8 Å². The summed E-state index contributed by atoms with van der Waals surface area (Å²) >= 11 is 0. The number of hydrogen-bond donors (Lipinski definition) is 0. The normalized spacial score (nSPS) is 10.3. The maximum absolute atomic E-state index is 12.9. The number of nitrogens with zero attached hydrogens (tertiary/aromatic N) is 5. The highest BCUT2D eigenvalue weighted by Gasteiger charge is 2.24. The molecule has 0 aliphatic heterocycles. The molecule has 2 rings (SSSR count). The van der Waals surface area contributed by atoms with Crippen molar-refractivity contribution in [3.05, 3.63) is 40.1 Å². The molecule has 0 unspecified atom stereocenters. The minimum Gasteiger partial charge on any atom is -0.490 e. The van der Waals surface area contributed by atoms with E-state index in [-0.39, 0.29) is 23.8 Å². The first-order valence-corrected chi connectivity index (χ1v) is 8.53. The van der Waals surface area contributed by atoms with Crippen molar-refractivity contribution in [3.8, 4) is 23.1 Å². The summed E-state index contributed by atoms with van der Waals surface area (Å²) in [5, 5.41) is 24.5. The summed E-state index contributed by atoms with van der Waals surface area (Å²) in [5.41, 5.74) is 0.920. The number of nitriles is 1. The molecule has 0 atom stereocenters. The Morgan fingerprint density at radius 1 is 1.41 bits per heavy atom. The fourth-order valence-electron chi connectivity index (χ4n) is 2.73. The smallest absolute Gasteiger partial charge is 0.311 e. The van der Waals surface area contributed by atoms with Gasteiger partial charge in [0.2, 0.25) is 0 Å². The number of carbonyl (C=O) groups excluding carboxylic acids is 1. The Balaban J connectivity index is 2.59. The molecule has 1 aromatic heterocycles. The first-order valence-electron chi connectivity index (χ1n) is 8.53. The van der Waals surface area contributed by atoms with Gasteiger partial charge in [0.05, 0.1) is 36.6 Å². The molecule has 0 aliphatic carbocycles. The van der Waals surface area contributed by atoms with Gasteiger partial charge in [-0.2, -0.15) is 10.4 Å². The van der Waals surface area contributed by atoms with E-state index in [2.05, 4.69) is 5.10 Å². The van der Waals surface area contributed by atoms with Crippen LogP contribution < -0.4 is 4.74 Å². The number of carbonyl (C=O) groups is 1. The number of hydrogen-bond acceptors (Lipinski definition) is 6. The Morgan fingerprint density at radius 3 is 2.67 bits per heavy atom. The third kappa shape index (κ3) is 4.23. The van der Waals surface area contributed by atoms with Crippen LogP contribution in [0.25, 0.3) is 11.3 Å². The zero-order valence-electron chi connectivity index (χ0n) is 15.5. The predicted octanol–water partition coefficient (Wildman–Crippen LogP) is 2.86. The van der Waals surface area contributed by atoms with Crippen molar-refractivity contribution in [1.82, 2.24) is 14.7 Å². The van der Waals surface area contributed by atoms with E-state index in [1.54, 1.807) is 17.2 Å². The van der Waals surface area contributed by atoms with Crippen LogP contribution in [0.3, 0.4) is 0 Å². The average molecular weight is 371 g/mol. The van der Waals surface area contributed by atoms with Gasteiger partial charge in [-0.3, -0.25) is 19.6 Å². The standard InChI is InChI=1S/C18H21N5O4/c1-4-21(5-2)18(24)14-12-22(10-6-9-19)20-17(14)13-7-8-16(27-3)15(11-13)23(25)26/h7-8,11-12H,4-6,10H2,1-3H3. The molecule has 27 heavy (non-hydrogen) atoms. The molecule has 1 amide bonds. The van der Waals surface area contributed by atoms with Gasteiger partial charge in [-0.15, -0.1) is 0 Å². The Kier molecular flexibility index (Phi) is 6.49. The summed E-state index contributed by atoms with van der Waals surface area (Å²) in [6, 6.07) is 6.48. The molecule has 0 radical (unpaired) electrons. The van der Waals surface area contributed by atoms with Crippen LogP contribution in [0.15, 0.2) is 24.4 Å². The number of methoxy groups -OCH3 is 1. The summed E-state index contributed by atoms with van der Waals surface area (Å²) < 4.78 is 6.55. The van der Waals surface area contributed by atoms with E-state index in [4.69, 9.17) is 10.00 Å². The molecule has 0 N–H and O–H groups in total.